The minimum absolute atomic E-state index is 0.0178. The van der Waals surface area contributed by atoms with E-state index in [-0.39, 0.29) is 5.78 Å². The van der Waals surface area contributed by atoms with Gasteiger partial charge >= 0.3 is 0 Å². The van der Waals surface area contributed by atoms with Gasteiger partial charge in [0.1, 0.15) is 0 Å². The first-order valence-corrected chi connectivity index (χ1v) is 10.1. The number of ketones is 1. The first-order valence-electron chi connectivity index (χ1n) is 8.31. The molecule has 0 saturated heterocycles. The van der Waals surface area contributed by atoms with Gasteiger partial charge in [0.25, 0.3) is 0 Å². The second-order valence-electron chi connectivity index (χ2n) is 5.79. The highest BCUT2D eigenvalue weighted by Gasteiger charge is 2.13. The van der Waals surface area contributed by atoms with Crippen LogP contribution in [0.5, 0.6) is 0 Å². The zero-order valence-electron chi connectivity index (χ0n) is 14.0. The van der Waals surface area contributed by atoms with Gasteiger partial charge in [-0.15, -0.1) is 22.7 Å². The molecule has 0 unspecified atom stereocenters. The molecule has 0 atom stereocenters. The minimum atomic E-state index is 0.0178. The highest BCUT2D eigenvalue weighted by molar-refractivity contribution is 7.14. The van der Waals surface area contributed by atoms with Gasteiger partial charge in [0.2, 0.25) is 0 Å². The topological polar surface area (TPSA) is 17.1 Å². The number of thiophene rings is 2. The molecular weight excluding hydrogens is 356 g/mol. The zero-order chi connectivity index (χ0) is 17.8. The average Bonchev–Trinajstić information content (AvgIpc) is 3.40. The summed E-state index contributed by atoms with van der Waals surface area (Å²) in [5.41, 5.74) is 4.15. The fourth-order valence-electron chi connectivity index (χ4n) is 2.91. The minimum Gasteiger partial charge on any atom is -0.289 e. The van der Waals surface area contributed by atoms with Crippen LogP contribution < -0.4 is 0 Å². The summed E-state index contributed by atoms with van der Waals surface area (Å²) in [6.45, 7) is 0. The van der Waals surface area contributed by atoms with Crippen LogP contribution in [0.15, 0.2) is 89.6 Å². The molecule has 2 aromatic carbocycles. The van der Waals surface area contributed by atoms with Crippen LogP contribution in [0.2, 0.25) is 0 Å². The number of hydrogen-bond donors (Lipinski definition) is 0. The van der Waals surface area contributed by atoms with E-state index in [9.17, 15) is 4.79 Å². The van der Waals surface area contributed by atoms with Crippen molar-refractivity contribution in [1.82, 2.24) is 0 Å². The predicted molar refractivity (Wildman–Crippen MR) is 113 cm³/mol. The molecule has 0 aliphatic heterocycles. The van der Waals surface area contributed by atoms with Gasteiger partial charge in [-0.25, -0.2) is 0 Å². The van der Waals surface area contributed by atoms with Crippen LogP contribution in [0.4, 0.5) is 0 Å². The molecule has 0 spiro atoms. The Morgan fingerprint density at radius 3 is 2.15 bits per heavy atom. The normalized spacial score (nSPS) is 11.1. The van der Waals surface area contributed by atoms with E-state index in [1.165, 1.54) is 20.9 Å². The van der Waals surface area contributed by atoms with Crippen LogP contribution in [0.3, 0.4) is 0 Å². The Hall–Kier alpha value is -2.75. The summed E-state index contributed by atoms with van der Waals surface area (Å²) >= 11 is 3.45. The maximum absolute atomic E-state index is 12.4. The Morgan fingerprint density at radius 2 is 1.46 bits per heavy atom. The molecule has 3 heteroatoms. The maximum Gasteiger partial charge on any atom is 0.185 e. The van der Waals surface area contributed by atoms with E-state index in [1.54, 1.807) is 28.7 Å². The van der Waals surface area contributed by atoms with E-state index in [0.29, 0.717) is 5.56 Å². The molecular formula is C23H16OS2. The lowest BCUT2D eigenvalue weighted by Crippen LogP contribution is -1.93. The smallest absolute Gasteiger partial charge is 0.185 e. The highest BCUT2D eigenvalue weighted by atomic mass is 32.1. The third kappa shape index (κ3) is 3.45. The van der Waals surface area contributed by atoms with Gasteiger partial charge in [-0.3, -0.25) is 4.79 Å². The number of rotatable bonds is 5. The molecule has 2 aromatic heterocycles. The Labute approximate surface area is 160 Å². The number of carbonyl (C=O) groups excluding carboxylic acids is 1. The fraction of sp³-hybridized carbons (Fsp3) is 0. The van der Waals surface area contributed by atoms with Crippen LogP contribution in [-0.4, -0.2) is 5.78 Å². The Morgan fingerprint density at radius 1 is 0.731 bits per heavy atom. The molecule has 0 saturated carbocycles. The Bertz CT molecular complexity index is 1030. The number of hydrogen-bond acceptors (Lipinski definition) is 3. The Balaban J connectivity index is 1.78. The van der Waals surface area contributed by atoms with E-state index in [1.807, 2.05) is 36.4 Å². The van der Waals surface area contributed by atoms with Crippen LogP contribution in [-0.2, 0) is 0 Å². The molecule has 1 nitrogen and oxygen atoms in total. The summed E-state index contributed by atoms with van der Waals surface area (Å²) in [7, 11) is 0. The monoisotopic (exact) mass is 372 g/mol. The van der Waals surface area contributed by atoms with Crippen molar-refractivity contribution in [3.05, 3.63) is 101 Å². The molecule has 2 heterocycles. The fourth-order valence-corrected chi connectivity index (χ4v) is 4.47. The van der Waals surface area contributed by atoms with Gasteiger partial charge in [-0.1, -0.05) is 66.7 Å². The van der Waals surface area contributed by atoms with Crippen molar-refractivity contribution in [1.29, 1.82) is 0 Å². The second kappa shape index (κ2) is 7.65. The Kier molecular flexibility index (Phi) is 4.91. The first kappa shape index (κ1) is 16.7. The molecule has 4 rings (SSSR count). The van der Waals surface area contributed by atoms with Gasteiger partial charge in [0.05, 0.1) is 0 Å². The van der Waals surface area contributed by atoms with E-state index in [2.05, 4.69) is 53.2 Å². The van der Waals surface area contributed by atoms with E-state index in [0.717, 1.165) is 5.56 Å². The lowest BCUT2D eigenvalue weighted by molar-refractivity contribution is 0.104. The number of carbonyl (C=O) groups is 1. The average molecular weight is 373 g/mol. The summed E-state index contributed by atoms with van der Waals surface area (Å²) in [6.07, 6.45) is 3.60. The van der Waals surface area contributed by atoms with Gasteiger partial charge in [0, 0.05) is 26.4 Å². The van der Waals surface area contributed by atoms with E-state index < -0.39 is 0 Å². The van der Waals surface area contributed by atoms with Gasteiger partial charge < -0.3 is 0 Å². The van der Waals surface area contributed by atoms with Crippen LogP contribution in [0, 0.1) is 0 Å². The largest absolute Gasteiger partial charge is 0.289 e. The molecule has 26 heavy (non-hydrogen) atoms. The summed E-state index contributed by atoms with van der Waals surface area (Å²) in [4.78, 5) is 14.9. The predicted octanol–water partition coefficient (Wildman–Crippen LogP) is 7.04. The molecule has 0 radical (unpaired) electrons. The third-order valence-electron chi connectivity index (χ3n) is 4.12. The lowest BCUT2D eigenvalue weighted by Gasteiger charge is -2.10. The van der Waals surface area contributed by atoms with E-state index in [4.69, 9.17) is 0 Å². The molecule has 0 aliphatic rings. The molecule has 0 bridgehead atoms. The van der Waals surface area contributed by atoms with Gasteiger partial charge in [-0.2, -0.15) is 0 Å². The molecule has 126 valence electrons. The van der Waals surface area contributed by atoms with Crippen molar-refractivity contribution in [2.75, 3.05) is 0 Å². The molecule has 0 N–H and O–H groups in total. The summed E-state index contributed by atoms with van der Waals surface area (Å²) in [5, 5.41) is 4.18. The molecule has 4 aromatic rings. The van der Waals surface area contributed by atoms with E-state index >= 15 is 0 Å². The van der Waals surface area contributed by atoms with Crippen molar-refractivity contribution in [2.45, 2.75) is 0 Å². The van der Waals surface area contributed by atoms with Crippen LogP contribution >= 0.6 is 22.7 Å². The maximum atomic E-state index is 12.4. The zero-order valence-corrected chi connectivity index (χ0v) is 15.6. The van der Waals surface area contributed by atoms with Gasteiger partial charge in [0.15, 0.2) is 5.78 Å². The molecule has 0 fully saturated rings. The van der Waals surface area contributed by atoms with Crippen molar-refractivity contribution in [2.24, 2.45) is 0 Å². The summed E-state index contributed by atoms with van der Waals surface area (Å²) in [5.74, 6) is 0.0178. The quantitative estimate of drug-likeness (QED) is 0.271. The van der Waals surface area contributed by atoms with Crippen molar-refractivity contribution in [3.63, 3.8) is 0 Å². The number of benzene rings is 2. The van der Waals surface area contributed by atoms with Crippen LogP contribution in [0.25, 0.3) is 27.0 Å². The SMILES string of the molecule is O=C(C=Cc1cccc(-c2cccs2)c1-c1cccs1)c1ccccc1. The first-order chi connectivity index (χ1) is 12.8. The highest BCUT2D eigenvalue weighted by Crippen LogP contribution is 2.39. The third-order valence-corrected chi connectivity index (χ3v) is 5.91. The lowest BCUT2D eigenvalue weighted by atomic mass is 9.97. The van der Waals surface area contributed by atoms with Crippen molar-refractivity contribution < 1.29 is 4.79 Å². The summed E-state index contributed by atoms with van der Waals surface area (Å²) in [6, 6.07) is 24.0. The standard InChI is InChI=1S/C23H16OS2/c24-20(17-7-2-1-3-8-17)14-13-18-9-4-10-19(21-11-5-15-25-21)23(18)22-12-6-16-26-22/h1-16H. The van der Waals surface area contributed by atoms with Crippen LogP contribution in [0.1, 0.15) is 15.9 Å². The molecule has 0 amide bonds. The number of allylic oxidation sites excluding steroid dienone is 1. The second-order valence-corrected chi connectivity index (χ2v) is 7.68. The van der Waals surface area contributed by atoms with Crippen molar-refractivity contribution >= 4 is 34.5 Å². The van der Waals surface area contributed by atoms with Gasteiger partial charge in [-0.05, 0) is 34.5 Å². The summed E-state index contributed by atoms with van der Waals surface area (Å²) < 4.78 is 0. The van der Waals surface area contributed by atoms with Crippen molar-refractivity contribution in [3.8, 4) is 20.9 Å². The molecule has 0 aliphatic carbocycles.